The van der Waals surface area contributed by atoms with Crippen LogP contribution >= 0.6 is 0 Å². The first kappa shape index (κ1) is 17.2. The molecule has 21 heavy (non-hydrogen) atoms. The first-order chi connectivity index (χ1) is 9.66. The molecule has 0 fully saturated rings. The number of hydrogen-bond acceptors (Lipinski definition) is 5. The largest absolute Gasteiger partial charge is 0.481 e. The fourth-order valence-corrected chi connectivity index (χ4v) is 1.58. The van der Waals surface area contributed by atoms with E-state index in [9.17, 15) is 28.2 Å². The highest BCUT2D eigenvalue weighted by Crippen LogP contribution is 2.36. The molecule has 0 bridgehead atoms. The molecule has 1 aromatic rings. The summed E-state index contributed by atoms with van der Waals surface area (Å²) < 4.78 is 43.0. The zero-order valence-electron chi connectivity index (χ0n) is 11.3. The van der Waals surface area contributed by atoms with Crippen molar-refractivity contribution in [3.05, 3.63) is 23.4 Å². The second kappa shape index (κ2) is 6.72. The van der Waals surface area contributed by atoms with Crippen molar-refractivity contribution in [2.24, 2.45) is 0 Å². The minimum Gasteiger partial charge on any atom is -0.481 e. The normalized spacial score (nSPS) is 14.4. The first-order valence-electron chi connectivity index (χ1n) is 5.88. The summed E-state index contributed by atoms with van der Waals surface area (Å²) >= 11 is 0. The van der Waals surface area contributed by atoms with E-state index < -0.39 is 35.7 Å². The number of alkyl halides is 3. The number of rotatable bonds is 5. The van der Waals surface area contributed by atoms with E-state index in [0.717, 1.165) is 13.3 Å². The highest BCUT2D eigenvalue weighted by molar-refractivity contribution is 5.72. The molecule has 0 aliphatic rings. The Morgan fingerprint density at radius 1 is 1.48 bits per heavy atom. The summed E-state index contributed by atoms with van der Waals surface area (Å²) in [7, 11) is 1.04. The van der Waals surface area contributed by atoms with Crippen LogP contribution in [-0.4, -0.2) is 40.9 Å². The predicted octanol–water partition coefficient (Wildman–Crippen LogP) is 0.639. The number of carbonyl (C=O) groups excluding carboxylic acids is 1. The molecule has 0 radical (unpaired) electrons. The van der Waals surface area contributed by atoms with Crippen LogP contribution < -0.4 is 10.1 Å². The van der Waals surface area contributed by atoms with Crippen molar-refractivity contribution >= 4 is 5.91 Å². The number of aliphatic hydroxyl groups is 2. The lowest BCUT2D eigenvalue weighted by molar-refractivity contribution is -0.139. The molecule has 3 N–H and O–H groups in total. The second-order valence-corrected chi connectivity index (χ2v) is 4.27. The number of pyridine rings is 1. The summed E-state index contributed by atoms with van der Waals surface area (Å²) in [5.41, 5.74) is -1.39. The van der Waals surface area contributed by atoms with Gasteiger partial charge in [0.15, 0.2) is 0 Å². The Morgan fingerprint density at radius 3 is 2.57 bits per heavy atom. The maximum Gasteiger partial charge on any atom is 0.421 e. The van der Waals surface area contributed by atoms with Crippen LogP contribution in [0.25, 0.3) is 0 Å². The summed E-state index contributed by atoms with van der Waals surface area (Å²) in [6.45, 7) is 0.902. The number of hydrogen-bond donors (Lipinski definition) is 3. The van der Waals surface area contributed by atoms with E-state index in [0.29, 0.717) is 6.07 Å². The summed E-state index contributed by atoms with van der Waals surface area (Å²) in [6.07, 6.45) is -6.84. The van der Waals surface area contributed by atoms with Gasteiger partial charge >= 0.3 is 6.18 Å². The van der Waals surface area contributed by atoms with Crippen LogP contribution in [0.3, 0.4) is 0 Å². The van der Waals surface area contributed by atoms with Crippen molar-refractivity contribution in [3.63, 3.8) is 0 Å². The molecular weight excluding hydrogens is 293 g/mol. The first-order valence-corrected chi connectivity index (χ1v) is 5.88. The van der Waals surface area contributed by atoms with Gasteiger partial charge in [-0.25, -0.2) is 4.98 Å². The summed E-state index contributed by atoms with van der Waals surface area (Å²) in [4.78, 5) is 14.2. The monoisotopic (exact) mass is 308 g/mol. The van der Waals surface area contributed by atoms with Gasteiger partial charge in [-0.1, -0.05) is 0 Å². The SMILES string of the molecule is COc1ncc(C(O)C(O)CNC(C)=O)cc1C(F)(F)F. The van der Waals surface area contributed by atoms with Crippen molar-refractivity contribution in [2.75, 3.05) is 13.7 Å². The number of carbonyl (C=O) groups is 1. The van der Waals surface area contributed by atoms with Gasteiger partial charge in [-0.3, -0.25) is 4.79 Å². The molecule has 9 heteroatoms. The Bertz CT molecular complexity index is 508. The van der Waals surface area contributed by atoms with E-state index in [2.05, 4.69) is 15.0 Å². The van der Waals surface area contributed by atoms with E-state index in [-0.39, 0.29) is 12.1 Å². The Balaban J connectivity index is 3.00. The van der Waals surface area contributed by atoms with Crippen molar-refractivity contribution in [1.29, 1.82) is 0 Å². The summed E-state index contributed by atoms with van der Waals surface area (Å²) in [5.74, 6) is -1.07. The Kier molecular flexibility index (Phi) is 5.50. The van der Waals surface area contributed by atoms with Gasteiger partial charge in [0.25, 0.3) is 0 Å². The molecule has 0 saturated carbocycles. The minimum atomic E-state index is -4.71. The molecule has 1 aromatic heterocycles. The molecule has 118 valence electrons. The maximum atomic E-state index is 12.8. The van der Waals surface area contributed by atoms with Crippen molar-refractivity contribution in [2.45, 2.75) is 25.3 Å². The molecule has 0 spiro atoms. The average molecular weight is 308 g/mol. The lowest BCUT2D eigenvalue weighted by Gasteiger charge is -2.20. The van der Waals surface area contributed by atoms with Gasteiger partial charge < -0.3 is 20.3 Å². The van der Waals surface area contributed by atoms with Crippen LogP contribution in [-0.2, 0) is 11.0 Å². The van der Waals surface area contributed by atoms with Crippen LogP contribution in [0, 0.1) is 0 Å². The fourth-order valence-electron chi connectivity index (χ4n) is 1.58. The topological polar surface area (TPSA) is 91.7 Å². The quantitative estimate of drug-likeness (QED) is 0.742. The number of nitrogens with zero attached hydrogens (tertiary/aromatic N) is 1. The molecule has 0 saturated heterocycles. The van der Waals surface area contributed by atoms with E-state index in [1.807, 2.05) is 0 Å². The van der Waals surface area contributed by atoms with Gasteiger partial charge in [-0.05, 0) is 6.07 Å². The number of methoxy groups -OCH3 is 1. The number of aliphatic hydroxyl groups excluding tert-OH is 2. The Hall–Kier alpha value is -1.87. The molecule has 1 rings (SSSR count). The van der Waals surface area contributed by atoms with Gasteiger partial charge in [0.2, 0.25) is 11.8 Å². The molecule has 0 aromatic carbocycles. The van der Waals surface area contributed by atoms with Gasteiger partial charge in [0.1, 0.15) is 17.8 Å². The van der Waals surface area contributed by atoms with Crippen LogP contribution in [0.4, 0.5) is 13.2 Å². The molecule has 2 unspecified atom stereocenters. The van der Waals surface area contributed by atoms with Crippen molar-refractivity contribution in [3.8, 4) is 5.88 Å². The van der Waals surface area contributed by atoms with E-state index >= 15 is 0 Å². The van der Waals surface area contributed by atoms with Gasteiger partial charge in [-0.15, -0.1) is 0 Å². The lowest BCUT2D eigenvalue weighted by Crippen LogP contribution is -2.34. The number of aromatic nitrogens is 1. The molecule has 1 heterocycles. The minimum absolute atomic E-state index is 0.235. The third kappa shape index (κ3) is 4.57. The Morgan fingerprint density at radius 2 is 2.10 bits per heavy atom. The van der Waals surface area contributed by atoms with Crippen LogP contribution in [0.2, 0.25) is 0 Å². The van der Waals surface area contributed by atoms with Gasteiger partial charge in [0.05, 0.1) is 7.11 Å². The van der Waals surface area contributed by atoms with Crippen LogP contribution in [0.5, 0.6) is 5.88 Å². The predicted molar refractivity (Wildman–Crippen MR) is 65.4 cm³/mol. The molecule has 1 amide bonds. The number of halogens is 3. The molecular formula is C12H15F3N2O4. The highest BCUT2D eigenvalue weighted by atomic mass is 19.4. The maximum absolute atomic E-state index is 12.8. The number of amides is 1. The average Bonchev–Trinajstić information content (AvgIpc) is 2.42. The van der Waals surface area contributed by atoms with Crippen LogP contribution in [0.15, 0.2) is 12.3 Å². The summed E-state index contributed by atoms with van der Waals surface area (Å²) in [5, 5.41) is 21.7. The van der Waals surface area contributed by atoms with E-state index in [4.69, 9.17) is 0 Å². The molecule has 0 aliphatic heterocycles. The second-order valence-electron chi connectivity index (χ2n) is 4.27. The third-order valence-electron chi connectivity index (χ3n) is 2.64. The third-order valence-corrected chi connectivity index (χ3v) is 2.64. The molecule has 0 aliphatic carbocycles. The molecule has 2 atom stereocenters. The smallest absolute Gasteiger partial charge is 0.421 e. The van der Waals surface area contributed by atoms with E-state index in [1.54, 1.807) is 0 Å². The van der Waals surface area contributed by atoms with E-state index in [1.165, 1.54) is 6.92 Å². The fraction of sp³-hybridized carbons (Fsp3) is 0.500. The number of nitrogens with one attached hydrogen (secondary N) is 1. The summed E-state index contributed by atoms with van der Waals surface area (Å²) in [6, 6.07) is 0.646. The Labute approximate surface area is 118 Å². The van der Waals surface area contributed by atoms with Gasteiger partial charge in [-0.2, -0.15) is 13.2 Å². The highest BCUT2D eigenvalue weighted by Gasteiger charge is 2.36. The standard InChI is InChI=1S/C12H15F3N2O4/c1-6(18)16-5-9(19)10(20)7-3-8(12(13,14)15)11(21-2)17-4-7/h3-4,9-10,19-20H,5H2,1-2H3,(H,16,18). The van der Waals surface area contributed by atoms with Crippen LogP contribution in [0.1, 0.15) is 24.2 Å². The van der Waals surface area contributed by atoms with Crippen molar-refractivity contribution in [1.82, 2.24) is 10.3 Å². The zero-order chi connectivity index (χ0) is 16.2. The van der Waals surface area contributed by atoms with Gasteiger partial charge in [0, 0.05) is 25.2 Å². The molecule has 6 nitrogen and oxygen atoms in total. The zero-order valence-corrected chi connectivity index (χ0v) is 11.3. The number of ether oxygens (including phenoxy) is 1. The lowest BCUT2D eigenvalue weighted by atomic mass is 10.0. The van der Waals surface area contributed by atoms with Crippen molar-refractivity contribution < 1.29 is 32.9 Å².